The number of rotatable bonds is 18. The van der Waals surface area contributed by atoms with Crippen LogP contribution in [0.4, 0.5) is 14.5 Å². The SMILES string of the molecule is COc1ccc(C(=O)SCC(=O)O[C@@H](Cc2c(Cl)c[n+]([O-])cc2Cl)c2ccc(OC(F)F)c(OCC3CC3)c2)cc1N(CCN1CCOCC1)S(C)(=O)=O. The van der Waals surface area contributed by atoms with Gasteiger partial charge in [0.15, 0.2) is 23.9 Å². The van der Waals surface area contributed by atoms with Crippen molar-refractivity contribution in [2.75, 3.05) is 69.4 Å². The van der Waals surface area contributed by atoms with Gasteiger partial charge in [-0.3, -0.25) is 18.8 Å². The number of anilines is 1. The van der Waals surface area contributed by atoms with Gasteiger partial charge in [-0.1, -0.05) is 41.0 Å². The second-order valence-electron chi connectivity index (χ2n) is 12.6. The fraction of sp³-hybridized carbons (Fsp3) is 0.457. The lowest BCUT2D eigenvalue weighted by Gasteiger charge is -2.30. The van der Waals surface area contributed by atoms with E-state index in [-0.39, 0.29) is 69.6 Å². The Morgan fingerprint density at radius 2 is 1.76 bits per heavy atom. The standard InChI is InChI=1S/C35H39Cl2F2N3O10S2/c1-48-29-7-6-24(15-28(29)42(54(2,46)47)10-9-40-11-13-49-14-12-40)34(44)53-21-33(43)51-31(17-25-26(36)18-41(45)19-27(25)37)23-5-8-30(52-35(38)39)32(16-23)50-20-22-3-4-22/h5-8,15-16,18-19,22,31,35H,3-4,9-14,17,20-21H2,1-2H3/t31-/m0/s1. The number of morpholine rings is 1. The molecule has 2 heterocycles. The van der Waals surface area contributed by atoms with Crippen molar-refractivity contribution in [3.63, 3.8) is 0 Å². The molecule has 0 radical (unpaired) electrons. The van der Waals surface area contributed by atoms with Crippen LogP contribution in [0.15, 0.2) is 48.8 Å². The van der Waals surface area contributed by atoms with Gasteiger partial charge in [-0.05, 0) is 54.7 Å². The summed E-state index contributed by atoms with van der Waals surface area (Å²) < 4.78 is 81.0. The molecule has 3 aromatic rings. The lowest BCUT2D eigenvalue weighted by Crippen LogP contribution is -2.43. The van der Waals surface area contributed by atoms with Crippen LogP contribution >= 0.6 is 35.0 Å². The number of halogens is 4. The number of hydrogen-bond acceptors (Lipinski definition) is 12. The first-order valence-corrected chi connectivity index (χ1v) is 20.4. The maximum absolute atomic E-state index is 13.4. The first kappa shape index (κ1) is 41.6. The second kappa shape index (κ2) is 18.8. The molecule has 294 valence electrons. The Balaban J connectivity index is 1.34. The smallest absolute Gasteiger partial charge is 0.387 e. The zero-order valence-corrected chi connectivity index (χ0v) is 32.5. The van der Waals surface area contributed by atoms with Crippen molar-refractivity contribution in [2.24, 2.45) is 5.92 Å². The van der Waals surface area contributed by atoms with E-state index in [1.54, 1.807) is 0 Å². The van der Waals surface area contributed by atoms with E-state index in [1.807, 2.05) is 0 Å². The van der Waals surface area contributed by atoms with Gasteiger partial charge in [-0.15, -0.1) is 0 Å². The van der Waals surface area contributed by atoms with Gasteiger partial charge >= 0.3 is 12.6 Å². The van der Waals surface area contributed by atoms with E-state index in [9.17, 15) is 32.0 Å². The minimum absolute atomic E-state index is 0.00523. The number of carbonyl (C=O) groups is 2. The van der Waals surface area contributed by atoms with Gasteiger partial charge in [0, 0.05) is 43.7 Å². The molecule has 1 aliphatic carbocycles. The molecule has 0 bridgehead atoms. The molecule has 13 nitrogen and oxygen atoms in total. The Kier molecular flexibility index (Phi) is 14.5. The molecule has 19 heteroatoms. The number of sulfonamides is 1. The lowest BCUT2D eigenvalue weighted by atomic mass is 10.0. The number of aromatic nitrogens is 1. The number of esters is 1. The average Bonchev–Trinajstić information content (AvgIpc) is 3.95. The predicted octanol–water partition coefficient (Wildman–Crippen LogP) is 5.52. The highest BCUT2D eigenvalue weighted by Crippen LogP contribution is 2.38. The summed E-state index contributed by atoms with van der Waals surface area (Å²) in [6.07, 6.45) is 3.85. The van der Waals surface area contributed by atoms with Crippen molar-refractivity contribution in [1.29, 1.82) is 0 Å². The van der Waals surface area contributed by atoms with Crippen molar-refractivity contribution >= 4 is 61.8 Å². The number of methoxy groups -OCH3 is 1. The molecule has 0 unspecified atom stereocenters. The van der Waals surface area contributed by atoms with Gasteiger partial charge in [0.25, 0.3) is 0 Å². The molecular weight excluding hydrogens is 795 g/mol. The number of benzene rings is 2. The van der Waals surface area contributed by atoms with Crippen LogP contribution in [0.3, 0.4) is 0 Å². The summed E-state index contributed by atoms with van der Waals surface area (Å²) in [6.45, 7) is 0.0664. The van der Waals surface area contributed by atoms with Crippen LogP contribution < -0.4 is 23.2 Å². The normalized spacial score (nSPS) is 15.5. The number of carbonyl (C=O) groups excluding carboxylic acids is 2. The number of hydrogen-bond donors (Lipinski definition) is 0. The monoisotopic (exact) mass is 833 g/mol. The molecule has 1 aromatic heterocycles. The number of thioether (sulfide) groups is 1. The maximum atomic E-state index is 13.4. The summed E-state index contributed by atoms with van der Waals surface area (Å²) in [5.41, 5.74) is 0.865. The number of alkyl halides is 2. The first-order valence-electron chi connectivity index (χ1n) is 16.8. The van der Waals surface area contributed by atoms with Gasteiger partial charge in [-0.25, -0.2) is 8.42 Å². The topological polar surface area (TPSA) is 148 Å². The van der Waals surface area contributed by atoms with Crippen molar-refractivity contribution in [3.8, 4) is 17.2 Å². The lowest BCUT2D eigenvalue weighted by molar-refractivity contribution is -0.605. The zero-order valence-electron chi connectivity index (χ0n) is 29.4. The van der Waals surface area contributed by atoms with Crippen molar-refractivity contribution in [3.05, 3.63) is 80.7 Å². The molecule has 1 aliphatic heterocycles. The molecule has 2 aromatic carbocycles. The summed E-state index contributed by atoms with van der Waals surface area (Å²) in [5.74, 6) is -0.973. The van der Waals surface area contributed by atoms with E-state index in [2.05, 4.69) is 9.64 Å². The minimum atomic E-state index is -3.80. The van der Waals surface area contributed by atoms with Crippen LogP contribution in [-0.2, 0) is 30.7 Å². The number of pyridine rings is 1. The maximum Gasteiger partial charge on any atom is 0.387 e. The third-order valence-corrected chi connectivity index (χ3v) is 11.3. The highest BCUT2D eigenvalue weighted by Gasteiger charge is 2.28. The molecule has 2 fully saturated rings. The summed E-state index contributed by atoms with van der Waals surface area (Å²) in [6, 6.07) is 8.44. The third-order valence-electron chi connectivity index (χ3n) is 8.58. The van der Waals surface area contributed by atoms with Crippen LogP contribution in [0, 0.1) is 11.1 Å². The van der Waals surface area contributed by atoms with Crippen molar-refractivity contribution < 1.29 is 55.2 Å². The Morgan fingerprint density at radius 1 is 1.07 bits per heavy atom. The van der Waals surface area contributed by atoms with Gasteiger partial charge in [0.05, 0.1) is 44.6 Å². The summed E-state index contributed by atoms with van der Waals surface area (Å²) in [7, 11) is -2.41. The number of ether oxygens (including phenoxy) is 5. The Hall–Kier alpha value is -3.61. The highest BCUT2D eigenvalue weighted by atomic mass is 35.5. The summed E-state index contributed by atoms with van der Waals surface area (Å²) >= 11 is 13.3. The fourth-order valence-electron chi connectivity index (χ4n) is 5.60. The molecule has 5 rings (SSSR count). The Bertz CT molecular complexity index is 1890. The quantitative estimate of drug-likeness (QED) is 0.0903. The van der Waals surface area contributed by atoms with E-state index in [4.69, 9.17) is 42.1 Å². The van der Waals surface area contributed by atoms with Crippen LogP contribution in [-0.4, -0.2) is 96.1 Å². The minimum Gasteiger partial charge on any atom is -0.619 e. The van der Waals surface area contributed by atoms with Crippen LogP contribution in [0.25, 0.3) is 0 Å². The van der Waals surface area contributed by atoms with E-state index >= 15 is 0 Å². The molecule has 1 saturated carbocycles. The van der Waals surface area contributed by atoms with Gasteiger partial charge < -0.3 is 28.9 Å². The van der Waals surface area contributed by atoms with E-state index in [0.717, 1.165) is 31.5 Å². The van der Waals surface area contributed by atoms with Crippen molar-refractivity contribution in [1.82, 2.24) is 4.90 Å². The molecule has 2 aliphatic rings. The van der Waals surface area contributed by atoms with Crippen LogP contribution in [0.1, 0.15) is 40.4 Å². The zero-order chi connectivity index (χ0) is 39.0. The molecule has 54 heavy (non-hydrogen) atoms. The Morgan fingerprint density at radius 3 is 2.39 bits per heavy atom. The Labute approximate surface area is 326 Å². The number of nitrogens with zero attached hydrogens (tertiary/aromatic N) is 3. The largest absolute Gasteiger partial charge is 0.619 e. The molecular formula is C35H39Cl2F2N3O10S2. The van der Waals surface area contributed by atoms with Gasteiger partial charge in [0.2, 0.25) is 15.1 Å². The van der Waals surface area contributed by atoms with Crippen molar-refractivity contribution in [2.45, 2.75) is 32.0 Å². The second-order valence-corrected chi connectivity index (χ2v) is 16.2. The molecule has 1 atom stereocenters. The summed E-state index contributed by atoms with van der Waals surface area (Å²) in [5, 5.41) is 11.3. The third kappa shape index (κ3) is 11.7. The highest BCUT2D eigenvalue weighted by molar-refractivity contribution is 8.14. The van der Waals surface area contributed by atoms with Crippen LogP contribution in [0.5, 0.6) is 17.2 Å². The predicted molar refractivity (Wildman–Crippen MR) is 198 cm³/mol. The first-order chi connectivity index (χ1) is 25.7. The van der Waals surface area contributed by atoms with E-state index < -0.39 is 39.6 Å². The van der Waals surface area contributed by atoms with Gasteiger partial charge in [-0.2, -0.15) is 13.5 Å². The van der Waals surface area contributed by atoms with Crippen LogP contribution in [0.2, 0.25) is 10.0 Å². The molecule has 0 amide bonds. The molecule has 1 saturated heterocycles. The molecule has 0 spiro atoms. The molecule has 0 N–H and O–H groups in total. The average molecular weight is 835 g/mol. The van der Waals surface area contributed by atoms with E-state index in [0.29, 0.717) is 54.9 Å². The van der Waals surface area contributed by atoms with Gasteiger partial charge in [0.1, 0.15) is 21.9 Å². The van der Waals surface area contributed by atoms with E-state index in [1.165, 1.54) is 47.8 Å². The summed E-state index contributed by atoms with van der Waals surface area (Å²) in [4.78, 5) is 28.8. The fourth-order valence-corrected chi connectivity index (χ4v) is 7.72.